The Morgan fingerprint density at radius 1 is 1.12 bits per heavy atom. The van der Waals surface area contributed by atoms with Crippen LogP contribution in [0.15, 0.2) is 82.0 Å². The molecule has 4 aromatic rings. The predicted octanol–water partition coefficient (Wildman–Crippen LogP) is 5.82. The predicted molar refractivity (Wildman–Crippen MR) is 125 cm³/mol. The van der Waals surface area contributed by atoms with E-state index >= 15 is 0 Å². The highest BCUT2D eigenvalue weighted by Gasteiger charge is 2.17. The van der Waals surface area contributed by atoms with E-state index in [0.717, 1.165) is 16.3 Å². The average Bonchev–Trinajstić information content (AvgIpc) is 3.22. The van der Waals surface area contributed by atoms with Crippen molar-refractivity contribution in [2.45, 2.75) is 23.5 Å². The van der Waals surface area contributed by atoms with Gasteiger partial charge in [0.25, 0.3) is 5.69 Å². The molecule has 0 bridgehead atoms. The van der Waals surface area contributed by atoms with Crippen molar-refractivity contribution in [3.05, 3.63) is 87.7 Å². The zero-order valence-electron chi connectivity index (χ0n) is 16.9. The summed E-state index contributed by atoms with van der Waals surface area (Å²) in [5, 5.41) is 21.3. The fourth-order valence-electron chi connectivity index (χ4n) is 2.98. The number of nitrogens with zero attached hydrogens (tertiary/aromatic N) is 6. The van der Waals surface area contributed by atoms with Crippen LogP contribution in [0.25, 0.3) is 11.4 Å². The largest absolute Gasteiger partial charge is 0.302 e. The van der Waals surface area contributed by atoms with Gasteiger partial charge in [-0.3, -0.25) is 20.1 Å². The van der Waals surface area contributed by atoms with Gasteiger partial charge in [-0.15, -0.1) is 10.2 Å². The number of pyridine rings is 1. The summed E-state index contributed by atoms with van der Waals surface area (Å²) >= 11 is 7.30. The van der Waals surface area contributed by atoms with Crippen LogP contribution in [0.1, 0.15) is 12.5 Å². The lowest BCUT2D eigenvalue weighted by Gasteiger charge is -2.09. The van der Waals surface area contributed by atoms with Crippen LogP contribution in [-0.4, -0.2) is 30.9 Å². The molecule has 0 amide bonds. The maximum Gasteiger partial charge on any atom is 0.270 e. The minimum absolute atomic E-state index is 0.0126. The topological polar surface area (TPSA) is 99.1 Å². The van der Waals surface area contributed by atoms with Crippen molar-refractivity contribution in [1.82, 2.24) is 19.7 Å². The van der Waals surface area contributed by atoms with E-state index in [4.69, 9.17) is 11.6 Å². The van der Waals surface area contributed by atoms with Crippen molar-refractivity contribution in [3.8, 4) is 11.4 Å². The number of rotatable bonds is 7. The Bertz CT molecular complexity index is 1280. The van der Waals surface area contributed by atoms with Crippen molar-refractivity contribution in [3.63, 3.8) is 0 Å². The third-order valence-electron chi connectivity index (χ3n) is 4.56. The van der Waals surface area contributed by atoms with Gasteiger partial charge in [0.05, 0.1) is 10.6 Å². The molecule has 0 unspecified atom stereocenters. The monoisotopic (exact) mass is 464 g/mol. The quantitative estimate of drug-likeness (QED) is 0.194. The van der Waals surface area contributed by atoms with Crippen molar-refractivity contribution in [1.29, 1.82) is 0 Å². The van der Waals surface area contributed by atoms with Crippen LogP contribution in [0.5, 0.6) is 0 Å². The maximum atomic E-state index is 11.3. The number of hydrogen-bond acceptors (Lipinski definition) is 7. The van der Waals surface area contributed by atoms with E-state index in [-0.39, 0.29) is 5.69 Å². The van der Waals surface area contributed by atoms with Crippen LogP contribution in [0.3, 0.4) is 0 Å². The summed E-state index contributed by atoms with van der Waals surface area (Å²) in [5.41, 5.74) is 2.19. The SMILES string of the molecule is CCn1c(Sc2ccc([N+](=O)[O-])cc2C=Nc2ccc(Cl)cc2)nnc1-c1ccncc1. The molecule has 2 aromatic heterocycles. The van der Waals surface area contributed by atoms with Crippen LogP contribution >= 0.6 is 23.4 Å². The summed E-state index contributed by atoms with van der Waals surface area (Å²) in [6.45, 7) is 2.67. The second kappa shape index (κ2) is 9.71. The number of hydrogen-bond donors (Lipinski definition) is 0. The maximum absolute atomic E-state index is 11.3. The van der Waals surface area contributed by atoms with Crippen molar-refractivity contribution < 1.29 is 4.92 Å². The van der Waals surface area contributed by atoms with Crippen LogP contribution in [0.4, 0.5) is 11.4 Å². The first-order valence-corrected chi connectivity index (χ1v) is 10.8. The van der Waals surface area contributed by atoms with Gasteiger partial charge in [0.1, 0.15) is 0 Å². The van der Waals surface area contributed by atoms with Gasteiger partial charge in [0, 0.05) is 58.3 Å². The number of nitro groups is 1. The lowest BCUT2D eigenvalue weighted by molar-refractivity contribution is -0.384. The Kier molecular flexibility index (Phi) is 6.58. The number of aromatic nitrogens is 4. The molecule has 0 saturated heterocycles. The molecule has 32 heavy (non-hydrogen) atoms. The van der Waals surface area contributed by atoms with Gasteiger partial charge in [0.15, 0.2) is 11.0 Å². The highest BCUT2D eigenvalue weighted by atomic mass is 35.5. The molecule has 0 N–H and O–H groups in total. The number of benzene rings is 2. The third-order valence-corrected chi connectivity index (χ3v) is 5.88. The van der Waals surface area contributed by atoms with Crippen LogP contribution in [0.2, 0.25) is 5.02 Å². The molecule has 0 spiro atoms. The van der Waals surface area contributed by atoms with Crippen molar-refractivity contribution in [2.75, 3.05) is 0 Å². The molecule has 2 aromatic carbocycles. The first-order chi connectivity index (χ1) is 15.5. The molecule has 2 heterocycles. The summed E-state index contributed by atoms with van der Waals surface area (Å²) in [7, 11) is 0. The van der Waals surface area contributed by atoms with Gasteiger partial charge in [-0.25, -0.2) is 0 Å². The first kappa shape index (κ1) is 21.7. The highest BCUT2D eigenvalue weighted by Crippen LogP contribution is 2.33. The van der Waals surface area contributed by atoms with Gasteiger partial charge < -0.3 is 4.57 Å². The van der Waals surface area contributed by atoms with Gasteiger partial charge in [-0.1, -0.05) is 11.6 Å². The number of aliphatic imine (C=N–C) groups is 1. The van der Waals surface area contributed by atoms with E-state index in [1.165, 1.54) is 23.9 Å². The van der Waals surface area contributed by atoms with Crippen LogP contribution in [-0.2, 0) is 6.54 Å². The number of halogens is 1. The molecule has 0 aliphatic rings. The third kappa shape index (κ3) is 4.84. The Morgan fingerprint density at radius 2 is 1.88 bits per heavy atom. The van der Waals surface area contributed by atoms with Crippen molar-refractivity contribution >= 4 is 41.0 Å². The molecule has 0 aliphatic heterocycles. The van der Waals surface area contributed by atoms with Crippen LogP contribution in [0, 0.1) is 10.1 Å². The molecule has 4 rings (SSSR count). The second-order valence-corrected chi connectivity index (χ2v) is 8.05. The van der Waals surface area contributed by atoms with Gasteiger partial charge in [-0.05, 0) is 61.2 Å². The minimum atomic E-state index is -0.426. The summed E-state index contributed by atoms with van der Waals surface area (Å²) in [6.07, 6.45) is 5.02. The Labute approximate surface area is 193 Å². The molecule has 8 nitrogen and oxygen atoms in total. The molecule has 0 fully saturated rings. The number of nitro benzene ring substituents is 1. The standard InChI is InChI=1S/C22H17ClN6O2S/c1-2-28-21(15-9-11-24-12-10-15)26-27-22(28)32-20-8-7-19(29(30)31)13-16(20)14-25-18-5-3-17(23)4-6-18/h3-14H,2H2,1H3. The minimum Gasteiger partial charge on any atom is -0.302 e. The van der Waals surface area contributed by atoms with E-state index in [1.54, 1.807) is 48.9 Å². The molecule has 0 aliphatic carbocycles. The molecule has 0 atom stereocenters. The Hall–Kier alpha value is -3.56. The zero-order chi connectivity index (χ0) is 22.5. The van der Waals surface area contributed by atoms with Gasteiger partial charge in [-0.2, -0.15) is 0 Å². The summed E-state index contributed by atoms with van der Waals surface area (Å²) in [5.74, 6) is 0.732. The molecule has 0 radical (unpaired) electrons. The lowest BCUT2D eigenvalue weighted by atomic mass is 10.2. The van der Waals surface area contributed by atoms with Gasteiger partial charge in [0.2, 0.25) is 0 Å². The lowest BCUT2D eigenvalue weighted by Crippen LogP contribution is -2.00. The molecule has 0 saturated carbocycles. The van der Waals surface area contributed by atoms with Crippen molar-refractivity contribution in [2.24, 2.45) is 4.99 Å². The molecular formula is C22H17ClN6O2S. The zero-order valence-corrected chi connectivity index (χ0v) is 18.5. The first-order valence-electron chi connectivity index (χ1n) is 9.64. The smallest absolute Gasteiger partial charge is 0.270 e. The molecule has 160 valence electrons. The van der Waals surface area contributed by atoms with E-state index in [2.05, 4.69) is 20.2 Å². The Balaban J connectivity index is 1.70. The van der Waals surface area contributed by atoms with Gasteiger partial charge >= 0.3 is 0 Å². The second-order valence-electron chi connectivity index (χ2n) is 6.60. The summed E-state index contributed by atoms with van der Waals surface area (Å²) < 4.78 is 1.99. The fraction of sp³-hybridized carbons (Fsp3) is 0.0909. The van der Waals surface area contributed by atoms with Crippen LogP contribution < -0.4 is 0 Å². The number of non-ortho nitro benzene ring substituents is 1. The summed E-state index contributed by atoms with van der Waals surface area (Å²) in [6, 6.07) is 15.4. The van der Waals surface area contributed by atoms with E-state index in [9.17, 15) is 10.1 Å². The fourth-order valence-corrected chi connectivity index (χ4v) is 4.07. The Morgan fingerprint density at radius 3 is 2.56 bits per heavy atom. The van der Waals surface area contributed by atoms with E-state index < -0.39 is 4.92 Å². The van der Waals surface area contributed by atoms with E-state index in [0.29, 0.717) is 28.0 Å². The molecule has 10 heteroatoms. The highest BCUT2D eigenvalue weighted by molar-refractivity contribution is 7.99. The molecular weight excluding hydrogens is 448 g/mol. The summed E-state index contributed by atoms with van der Waals surface area (Å²) in [4.78, 5) is 20.1. The van der Waals surface area contributed by atoms with E-state index in [1.807, 2.05) is 23.6 Å². The normalized spacial score (nSPS) is 11.2. The average molecular weight is 465 g/mol.